The summed E-state index contributed by atoms with van der Waals surface area (Å²) in [4.78, 5) is 17.6. The van der Waals surface area contributed by atoms with Crippen LogP contribution in [0.25, 0.3) is 0 Å². The van der Waals surface area contributed by atoms with Crippen LogP contribution in [-0.4, -0.2) is 30.0 Å². The Morgan fingerprint density at radius 1 is 1.26 bits per heavy atom. The van der Waals surface area contributed by atoms with E-state index >= 15 is 0 Å². The van der Waals surface area contributed by atoms with Crippen LogP contribution < -0.4 is 10.2 Å². The molecular weight excluding hydrogens is 386 g/mol. The number of amides is 1. The number of hydrogen-bond acceptors (Lipinski definition) is 3. The van der Waals surface area contributed by atoms with Gasteiger partial charge in [0.25, 0.3) is 0 Å². The topological polar surface area (TPSA) is 45.2 Å². The molecule has 1 aromatic heterocycles. The molecule has 4 nitrogen and oxygen atoms in total. The van der Waals surface area contributed by atoms with Crippen molar-refractivity contribution in [3.63, 3.8) is 0 Å². The predicted molar refractivity (Wildman–Crippen MR) is 93.1 cm³/mol. The quantitative estimate of drug-likeness (QED) is 0.792. The smallest absolute Gasteiger partial charge is 0.368 e. The summed E-state index contributed by atoms with van der Waals surface area (Å²) in [6.07, 6.45) is -1.75. The van der Waals surface area contributed by atoms with Gasteiger partial charge in [-0.25, -0.2) is 4.39 Å². The zero-order valence-corrected chi connectivity index (χ0v) is 14.8. The highest BCUT2D eigenvalue weighted by molar-refractivity contribution is 6.30. The molecule has 1 aliphatic heterocycles. The molecule has 3 rings (SSSR count). The molecule has 2 aromatic rings. The summed E-state index contributed by atoms with van der Waals surface area (Å²) in [6.45, 7) is 0.873. The van der Waals surface area contributed by atoms with Gasteiger partial charge in [0.1, 0.15) is 5.82 Å². The third-order valence-electron chi connectivity index (χ3n) is 4.26. The van der Waals surface area contributed by atoms with E-state index in [-0.39, 0.29) is 23.4 Å². The van der Waals surface area contributed by atoms with Crippen LogP contribution in [0, 0.1) is 5.82 Å². The molecule has 1 amide bonds. The SMILES string of the molecule is O=C(Cc1cc(F)cc(Cl)c1)NC1CCN(c2cncc(C(F)(F)F)c2)C1. The lowest BCUT2D eigenvalue weighted by Crippen LogP contribution is -2.38. The maximum Gasteiger partial charge on any atom is 0.417 e. The molecule has 144 valence electrons. The molecule has 0 bridgehead atoms. The fraction of sp³-hybridized carbons (Fsp3) is 0.333. The number of carbonyl (C=O) groups is 1. The molecule has 1 fully saturated rings. The molecule has 1 atom stereocenters. The number of benzene rings is 1. The Balaban J connectivity index is 1.59. The van der Waals surface area contributed by atoms with Gasteiger partial charge in [0.15, 0.2) is 0 Å². The van der Waals surface area contributed by atoms with E-state index < -0.39 is 17.6 Å². The van der Waals surface area contributed by atoms with Crippen molar-refractivity contribution in [1.82, 2.24) is 10.3 Å². The summed E-state index contributed by atoms with van der Waals surface area (Å²) in [5.41, 5.74) is 0.00314. The Hall–Kier alpha value is -2.35. The summed E-state index contributed by atoms with van der Waals surface area (Å²) in [7, 11) is 0. The molecule has 1 unspecified atom stereocenters. The minimum Gasteiger partial charge on any atom is -0.368 e. The first-order valence-electron chi connectivity index (χ1n) is 8.22. The summed E-state index contributed by atoms with van der Waals surface area (Å²) in [6, 6.07) is 4.74. The van der Waals surface area contributed by atoms with Crippen molar-refractivity contribution in [2.45, 2.75) is 25.1 Å². The highest BCUT2D eigenvalue weighted by Crippen LogP contribution is 2.31. The lowest BCUT2D eigenvalue weighted by molar-refractivity contribution is -0.137. The van der Waals surface area contributed by atoms with Crippen molar-refractivity contribution < 1.29 is 22.4 Å². The van der Waals surface area contributed by atoms with Crippen molar-refractivity contribution in [3.8, 4) is 0 Å². The second-order valence-electron chi connectivity index (χ2n) is 6.38. The zero-order chi connectivity index (χ0) is 19.6. The van der Waals surface area contributed by atoms with E-state index in [0.717, 1.165) is 18.3 Å². The van der Waals surface area contributed by atoms with E-state index in [2.05, 4.69) is 10.3 Å². The van der Waals surface area contributed by atoms with Gasteiger partial charge in [0.2, 0.25) is 5.91 Å². The second-order valence-corrected chi connectivity index (χ2v) is 6.82. The number of halogens is 5. The minimum atomic E-state index is -4.46. The number of pyridine rings is 1. The van der Waals surface area contributed by atoms with Gasteiger partial charge < -0.3 is 10.2 Å². The number of rotatable bonds is 4. The first-order valence-corrected chi connectivity index (χ1v) is 8.60. The van der Waals surface area contributed by atoms with Gasteiger partial charge in [0, 0.05) is 30.4 Å². The van der Waals surface area contributed by atoms with Crippen molar-refractivity contribution in [3.05, 3.63) is 58.6 Å². The van der Waals surface area contributed by atoms with Gasteiger partial charge in [-0.2, -0.15) is 13.2 Å². The number of alkyl halides is 3. The normalized spacial score (nSPS) is 17.2. The van der Waals surface area contributed by atoms with E-state index in [1.54, 1.807) is 4.90 Å². The van der Waals surface area contributed by atoms with Crippen LogP contribution in [0.5, 0.6) is 0 Å². The van der Waals surface area contributed by atoms with Crippen LogP contribution in [0.1, 0.15) is 17.5 Å². The summed E-state index contributed by atoms with van der Waals surface area (Å²) >= 11 is 5.77. The van der Waals surface area contributed by atoms with Gasteiger partial charge in [-0.05, 0) is 36.2 Å². The highest BCUT2D eigenvalue weighted by Gasteiger charge is 2.32. The molecular formula is C18H16ClF4N3O. The first-order chi connectivity index (χ1) is 12.7. The first kappa shape index (κ1) is 19.4. The van der Waals surface area contributed by atoms with Crippen molar-refractivity contribution >= 4 is 23.2 Å². The van der Waals surface area contributed by atoms with Crippen molar-refractivity contribution in [2.24, 2.45) is 0 Å². The number of carbonyl (C=O) groups excluding carboxylic acids is 1. The largest absolute Gasteiger partial charge is 0.417 e. The fourth-order valence-electron chi connectivity index (χ4n) is 3.05. The van der Waals surface area contributed by atoms with Crippen LogP contribution in [0.2, 0.25) is 5.02 Å². The predicted octanol–water partition coefficient (Wildman–Crippen LogP) is 3.83. The van der Waals surface area contributed by atoms with Crippen molar-refractivity contribution in [1.29, 1.82) is 0 Å². The van der Waals surface area contributed by atoms with Crippen molar-refractivity contribution in [2.75, 3.05) is 18.0 Å². The number of hydrogen-bond donors (Lipinski definition) is 1. The highest BCUT2D eigenvalue weighted by atomic mass is 35.5. The second kappa shape index (κ2) is 7.72. The molecule has 0 aliphatic carbocycles. The van der Waals surface area contributed by atoms with Crippen LogP contribution in [-0.2, 0) is 17.4 Å². The third kappa shape index (κ3) is 5.09. The molecule has 1 N–H and O–H groups in total. The fourth-order valence-corrected chi connectivity index (χ4v) is 3.29. The van der Waals surface area contributed by atoms with E-state index in [1.807, 2.05) is 0 Å². The molecule has 1 aliphatic rings. The standard InChI is InChI=1S/C18H16ClF4N3O/c19-13-3-11(4-14(20)7-13)5-17(27)25-15-1-2-26(10-15)16-6-12(8-24-9-16)18(21,22)23/h3-4,6-9,15H,1-2,5,10H2,(H,25,27). The summed E-state index contributed by atoms with van der Waals surface area (Å²) in [5, 5.41) is 3.03. The number of nitrogens with one attached hydrogen (secondary N) is 1. The van der Waals surface area contributed by atoms with E-state index in [0.29, 0.717) is 30.8 Å². The van der Waals surface area contributed by atoms with E-state index in [1.165, 1.54) is 18.3 Å². The van der Waals surface area contributed by atoms with Crippen LogP contribution in [0.3, 0.4) is 0 Å². The Kier molecular flexibility index (Phi) is 5.55. The molecule has 0 spiro atoms. The lowest BCUT2D eigenvalue weighted by Gasteiger charge is -2.20. The summed E-state index contributed by atoms with van der Waals surface area (Å²) < 4.78 is 51.8. The van der Waals surface area contributed by atoms with Gasteiger partial charge in [-0.3, -0.25) is 9.78 Å². The maximum atomic E-state index is 13.3. The maximum absolute atomic E-state index is 13.3. The number of nitrogens with zero attached hydrogens (tertiary/aromatic N) is 2. The van der Waals surface area contributed by atoms with E-state index in [4.69, 9.17) is 11.6 Å². The Labute approximate surface area is 158 Å². The molecule has 27 heavy (non-hydrogen) atoms. The zero-order valence-electron chi connectivity index (χ0n) is 14.1. The monoisotopic (exact) mass is 401 g/mol. The lowest BCUT2D eigenvalue weighted by atomic mass is 10.1. The average Bonchev–Trinajstić information content (AvgIpc) is 3.01. The molecule has 9 heteroatoms. The van der Waals surface area contributed by atoms with Gasteiger partial charge in [0.05, 0.1) is 23.9 Å². The van der Waals surface area contributed by atoms with Crippen LogP contribution in [0.15, 0.2) is 36.7 Å². The van der Waals surface area contributed by atoms with Crippen LogP contribution >= 0.6 is 11.6 Å². The molecule has 0 saturated carbocycles. The van der Waals surface area contributed by atoms with Crippen LogP contribution in [0.4, 0.5) is 23.2 Å². The third-order valence-corrected chi connectivity index (χ3v) is 4.47. The van der Waals surface area contributed by atoms with Gasteiger partial charge >= 0.3 is 6.18 Å². The molecule has 0 radical (unpaired) electrons. The summed E-state index contributed by atoms with van der Waals surface area (Å²) in [5.74, 6) is -0.819. The van der Waals surface area contributed by atoms with Gasteiger partial charge in [-0.1, -0.05) is 11.6 Å². The van der Waals surface area contributed by atoms with Gasteiger partial charge in [-0.15, -0.1) is 0 Å². The Morgan fingerprint density at radius 2 is 2.04 bits per heavy atom. The number of aromatic nitrogens is 1. The molecule has 1 saturated heterocycles. The Morgan fingerprint density at radius 3 is 2.74 bits per heavy atom. The average molecular weight is 402 g/mol. The minimum absolute atomic E-state index is 0.0287. The molecule has 2 heterocycles. The number of anilines is 1. The molecule has 1 aromatic carbocycles. The van der Waals surface area contributed by atoms with E-state index in [9.17, 15) is 22.4 Å². The Bertz CT molecular complexity index is 823.